The zero-order valence-corrected chi connectivity index (χ0v) is 16.5. The molecule has 3 heterocycles. The van der Waals surface area contributed by atoms with E-state index >= 15 is 4.39 Å². The minimum atomic E-state index is -0.308. The Balaban J connectivity index is 1.80. The van der Waals surface area contributed by atoms with Gasteiger partial charge in [0.25, 0.3) is 0 Å². The highest BCUT2D eigenvalue weighted by molar-refractivity contribution is 5.78. The molecule has 0 spiro atoms. The number of halogens is 1. The highest BCUT2D eigenvalue weighted by Gasteiger charge is 2.30. The molecule has 2 aliphatic heterocycles. The largest absolute Gasteiger partial charge is 0.492 e. The lowest BCUT2D eigenvalue weighted by molar-refractivity contribution is 0.335. The zero-order chi connectivity index (χ0) is 19.7. The van der Waals surface area contributed by atoms with Gasteiger partial charge in [-0.1, -0.05) is 13.0 Å². The molecule has 0 fully saturated rings. The number of hydrogen-bond acceptors (Lipinski definition) is 6. The SMILES string of the molecule is CNc1cc(C)nc(Nc2cc3c(c(C4=CCNCCC4)c2F)OC[C@@H]3C)n1. The molecule has 3 N–H and O–H groups in total. The van der Waals surface area contributed by atoms with Crippen molar-refractivity contribution in [2.45, 2.75) is 32.6 Å². The van der Waals surface area contributed by atoms with Crippen LogP contribution in [0.1, 0.15) is 42.5 Å². The van der Waals surface area contributed by atoms with Gasteiger partial charge in [0, 0.05) is 36.8 Å². The number of fused-ring (bicyclic) bond motifs is 1. The minimum Gasteiger partial charge on any atom is -0.492 e. The molecule has 7 heteroatoms. The van der Waals surface area contributed by atoms with Crippen LogP contribution in [0.25, 0.3) is 5.57 Å². The van der Waals surface area contributed by atoms with Crippen molar-refractivity contribution < 1.29 is 9.13 Å². The molecule has 1 atom stereocenters. The summed E-state index contributed by atoms with van der Waals surface area (Å²) in [6, 6.07) is 3.68. The van der Waals surface area contributed by atoms with Gasteiger partial charge in [-0.3, -0.25) is 0 Å². The van der Waals surface area contributed by atoms with Gasteiger partial charge in [0.05, 0.1) is 17.9 Å². The number of anilines is 3. The third-order valence-electron chi connectivity index (χ3n) is 5.22. The summed E-state index contributed by atoms with van der Waals surface area (Å²) in [6.45, 7) is 6.23. The first-order valence-electron chi connectivity index (χ1n) is 9.76. The van der Waals surface area contributed by atoms with Gasteiger partial charge in [-0.2, -0.15) is 4.98 Å². The van der Waals surface area contributed by atoms with Gasteiger partial charge in [0.15, 0.2) is 5.82 Å². The van der Waals surface area contributed by atoms with Gasteiger partial charge in [-0.05, 0) is 37.9 Å². The molecule has 0 aliphatic carbocycles. The fourth-order valence-corrected chi connectivity index (χ4v) is 3.76. The van der Waals surface area contributed by atoms with Gasteiger partial charge in [-0.15, -0.1) is 0 Å². The number of allylic oxidation sites excluding steroid dienone is 1. The van der Waals surface area contributed by atoms with E-state index in [1.165, 1.54) is 0 Å². The van der Waals surface area contributed by atoms with Crippen molar-refractivity contribution in [2.24, 2.45) is 0 Å². The van der Waals surface area contributed by atoms with Crippen LogP contribution in [0.15, 0.2) is 18.2 Å². The molecule has 0 amide bonds. The molecule has 148 valence electrons. The maximum Gasteiger partial charge on any atom is 0.229 e. The first kappa shape index (κ1) is 18.7. The first-order chi connectivity index (χ1) is 13.6. The lowest BCUT2D eigenvalue weighted by Crippen LogP contribution is -2.12. The van der Waals surface area contributed by atoms with E-state index in [0.717, 1.165) is 42.8 Å². The summed E-state index contributed by atoms with van der Waals surface area (Å²) in [4.78, 5) is 8.81. The Morgan fingerprint density at radius 2 is 2.14 bits per heavy atom. The normalized spacial score (nSPS) is 18.7. The summed E-state index contributed by atoms with van der Waals surface area (Å²) in [6.07, 6.45) is 3.87. The van der Waals surface area contributed by atoms with Gasteiger partial charge in [-0.25, -0.2) is 9.37 Å². The van der Waals surface area contributed by atoms with E-state index in [9.17, 15) is 0 Å². The molecule has 0 saturated heterocycles. The molecule has 4 rings (SSSR count). The molecule has 1 aromatic heterocycles. The van der Waals surface area contributed by atoms with Crippen molar-refractivity contribution in [1.29, 1.82) is 0 Å². The fraction of sp³-hybridized carbons (Fsp3) is 0.429. The van der Waals surface area contributed by atoms with Gasteiger partial charge >= 0.3 is 0 Å². The molecule has 28 heavy (non-hydrogen) atoms. The summed E-state index contributed by atoms with van der Waals surface area (Å²) < 4.78 is 21.6. The molecule has 2 aliphatic rings. The number of hydrogen-bond donors (Lipinski definition) is 3. The van der Waals surface area contributed by atoms with Crippen molar-refractivity contribution in [1.82, 2.24) is 15.3 Å². The number of aromatic nitrogens is 2. The molecule has 2 aromatic rings. The zero-order valence-electron chi connectivity index (χ0n) is 16.5. The van der Waals surface area contributed by atoms with Gasteiger partial charge in [0.2, 0.25) is 5.95 Å². The Morgan fingerprint density at radius 3 is 2.96 bits per heavy atom. The van der Waals surface area contributed by atoms with Crippen LogP contribution in [-0.2, 0) is 0 Å². The van der Waals surface area contributed by atoms with E-state index in [4.69, 9.17) is 4.74 Å². The molecule has 0 radical (unpaired) electrons. The van der Waals surface area contributed by atoms with Crippen LogP contribution in [0.5, 0.6) is 5.75 Å². The van der Waals surface area contributed by atoms with E-state index < -0.39 is 0 Å². The Bertz CT molecular complexity index is 927. The monoisotopic (exact) mass is 383 g/mol. The van der Waals surface area contributed by atoms with Crippen molar-refractivity contribution >= 4 is 23.0 Å². The predicted octanol–water partition coefficient (Wildman–Crippen LogP) is 3.97. The average Bonchev–Trinajstić information content (AvgIpc) is 2.88. The lowest BCUT2D eigenvalue weighted by Gasteiger charge is -2.17. The fourth-order valence-electron chi connectivity index (χ4n) is 3.76. The van der Waals surface area contributed by atoms with E-state index in [2.05, 4.69) is 38.9 Å². The Morgan fingerprint density at radius 1 is 1.29 bits per heavy atom. The average molecular weight is 383 g/mol. The van der Waals surface area contributed by atoms with Crippen molar-refractivity contribution in [2.75, 3.05) is 37.4 Å². The molecular formula is C21H26FN5O. The topological polar surface area (TPSA) is 71.1 Å². The van der Waals surface area contributed by atoms with E-state index in [1.807, 2.05) is 19.1 Å². The summed E-state index contributed by atoms with van der Waals surface area (Å²) in [5.74, 6) is 1.65. The summed E-state index contributed by atoms with van der Waals surface area (Å²) in [5.41, 5.74) is 3.79. The van der Waals surface area contributed by atoms with Crippen molar-refractivity contribution in [3.05, 3.63) is 40.8 Å². The molecule has 1 aromatic carbocycles. The lowest BCUT2D eigenvalue weighted by atomic mass is 9.93. The van der Waals surface area contributed by atoms with Crippen LogP contribution in [0.3, 0.4) is 0 Å². The number of nitrogens with zero attached hydrogens (tertiary/aromatic N) is 2. The van der Waals surface area contributed by atoms with Crippen LogP contribution in [0.2, 0.25) is 0 Å². The second kappa shape index (κ2) is 7.75. The minimum absolute atomic E-state index is 0.214. The third-order valence-corrected chi connectivity index (χ3v) is 5.22. The van der Waals surface area contributed by atoms with Gasteiger partial charge < -0.3 is 20.7 Å². The second-order valence-corrected chi connectivity index (χ2v) is 7.37. The molecule has 6 nitrogen and oxygen atoms in total. The maximum atomic E-state index is 15.7. The second-order valence-electron chi connectivity index (χ2n) is 7.37. The summed E-state index contributed by atoms with van der Waals surface area (Å²) >= 11 is 0. The smallest absolute Gasteiger partial charge is 0.229 e. The number of rotatable bonds is 4. The third kappa shape index (κ3) is 3.54. The molecule has 0 saturated carbocycles. The van der Waals surface area contributed by atoms with Crippen LogP contribution in [0, 0.1) is 12.7 Å². The highest BCUT2D eigenvalue weighted by atomic mass is 19.1. The molecule has 0 bridgehead atoms. The summed E-state index contributed by atoms with van der Waals surface area (Å²) in [7, 11) is 1.80. The van der Waals surface area contributed by atoms with Crippen LogP contribution in [-0.4, -0.2) is 36.7 Å². The van der Waals surface area contributed by atoms with Crippen LogP contribution in [0.4, 0.5) is 21.8 Å². The highest BCUT2D eigenvalue weighted by Crippen LogP contribution is 2.45. The Labute approximate surface area is 164 Å². The quantitative estimate of drug-likeness (QED) is 0.742. The van der Waals surface area contributed by atoms with E-state index in [0.29, 0.717) is 35.4 Å². The Hall–Kier alpha value is -2.67. The summed E-state index contributed by atoms with van der Waals surface area (Å²) in [5, 5.41) is 9.44. The van der Waals surface area contributed by atoms with E-state index in [-0.39, 0.29) is 11.7 Å². The number of benzene rings is 1. The van der Waals surface area contributed by atoms with Gasteiger partial charge in [0.1, 0.15) is 11.6 Å². The van der Waals surface area contributed by atoms with Crippen LogP contribution >= 0.6 is 0 Å². The Kier molecular flexibility index (Phi) is 5.17. The maximum absolute atomic E-state index is 15.7. The molecule has 0 unspecified atom stereocenters. The molecular weight excluding hydrogens is 357 g/mol. The number of aryl methyl sites for hydroxylation is 1. The van der Waals surface area contributed by atoms with Crippen LogP contribution < -0.4 is 20.7 Å². The predicted molar refractivity (Wildman–Crippen MR) is 110 cm³/mol. The first-order valence-corrected chi connectivity index (χ1v) is 9.76. The number of ether oxygens (including phenoxy) is 1. The van der Waals surface area contributed by atoms with E-state index in [1.54, 1.807) is 7.05 Å². The number of nitrogens with one attached hydrogen (secondary N) is 3. The van der Waals surface area contributed by atoms with Crippen molar-refractivity contribution in [3.8, 4) is 5.75 Å². The van der Waals surface area contributed by atoms with Crippen molar-refractivity contribution in [3.63, 3.8) is 0 Å². The standard InChI is InChI=1S/C21H26FN5O/c1-12-11-28-20-15(12)10-16(26-21-25-13(2)9-17(23-3)27-21)19(22)18(20)14-5-4-7-24-8-6-14/h6,9-10,12,24H,4-5,7-8,11H2,1-3H3,(H2,23,25,26,27)/t12-/m0/s1.